The quantitative estimate of drug-likeness (QED) is 0.424. The molecule has 124 valence electrons. The summed E-state index contributed by atoms with van der Waals surface area (Å²) in [6.07, 6.45) is 2.41. The molecule has 22 heavy (non-hydrogen) atoms. The van der Waals surface area contributed by atoms with Crippen LogP contribution in [0.25, 0.3) is 0 Å². The molecule has 0 saturated carbocycles. The summed E-state index contributed by atoms with van der Waals surface area (Å²) in [6, 6.07) is 6.85. The highest BCUT2D eigenvalue weighted by Gasteiger charge is 2.15. The summed E-state index contributed by atoms with van der Waals surface area (Å²) >= 11 is 0. The van der Waals surface area contributed by atoms with E-state index >= 15 is 0 Å². The van der Waals surface area contributed by atoms with E-state index in [1.165, 1.54) is 19.9 Å². The van der Waals surface area contributed by atoms with Crippen molar-refractivity contribution in [3.8, 4) is 0 Å². The maximum Gasteiger partial charge on any atom is 0.240 e. The van der Waals surface area contributed by atoms with Gasteiger partial charge in [-0.3, -0.25) is 4.99 Å². The highest BCUT2D eigenvalue weighted by Crippen LogP contribution is 2.11. The molecule has 2 rings (SSSR count). The number of halogens is 1. The molecule has 0 spiro atoms. The lowest BCUT2D eigenvalue weighted by atomic mass is 10.2. The van der Waals surface area contributed by atoms with Crippen LogP contribution < -0.4 is 10.0 Å². The Kier molecular flexibility index (Phi) is 7.57. The van der Waals surface area contributed by atoms with Crippen molar-refractivity contribution in [1.29, 1.82) is 0 Å². The second-order valence-electron chi connectivity index (χ2n) is 4.95. The number of rotatable bonds is 4. The summed E-state index contributed by atoms with van der Waals surface area (Å²) < 4.78 is 25.6. The zero-order valence-corrected chi connectivity index (χ0v) is 16.0. The number of benzene rings is 1. The molecular weight excluding hydrogens is 415 g/mol. The second kappa shape index (κ2) is 8.68. The third kappa shape index (κ3) is 4.82. The fourth-order valence-corrected chi connectivity index (χ4v) is 3.08. The normalized spacial score (nSPS) is 15.5. The molecule has 0 unspecified atom stereocenters. The first kappa shape index (κ1) is 19.2. The molecule has 1 aromatic carbocycles. The van der Waals surface area contributed by atoms with Gasteiger partial charge in [0.05, 0.1) is 4.90 Å². The molecule has 0 radical (unpaired) electrons. The van der Waals surface area contributed by atoms with Crippen LogP contribution in [0.5, 0.6) is 0 Å². The van der Waals surface area contributed by atoms with Crippen LogP contribution in [0.4, 0.5) is 0 Å². The first-order valence-corrected chi connectivity index (χ1v) is 8.53. The van der Waals surface area contributed by atoms with Gasteiger partial charge in [-0.15, -0.1) is 24.0 Å². The van der Waals surface area contributed by atoms with E-state index in [2.05, 4.69) is 19.9 Å². The third-order valence-electron chi connectivity index (χ3n) is 3.57. The minimum Gasteiger partial charge on any atom is -0.352 e. The average Bonchev–Trinajstić information content (AvgIpc) is 3.03. The fourth-order valence-electron chi connectivity index (χ4n) is 2.35. The van der Waals surface area contributed by atoms with Gasteiger partial charge in [-0.2, -0.15) is 0 Å². The van der Waals surface area contributed by atoms with Gasteiger partial charge in [0.15, 0.2) is 5.96 Å². The number of likely N-dealkylation sites (tertiary alicyclic amines) is 1. The Bertz CT molecular complexity index is 596. The zero-order chi connectivity index (χ0) is 15.3. The molecule has 1 aromatic rings. The Hall–Kier alpha value is -0.870. The molecule has 2 N–H and O–H groups in total. The molecule has 8 heteroatoms. The highest BCUT2D eigenvalue weighted by atomic mass is 127. The lowest BCUT2D eigenvalue weighted by Crippen LogP contribution is -2.39. The minimum absolute atomic E-state index is 0. The van der Waals surface area contributed by atoms with Crippen LogP contribution >= 0.6 is 24.0 Å². The van der Waals surface area contributed by atoms with E-state index in [-0.39, 0.29) is 28.9 Å². The predicted octanol–water partition coefficient (Wildman–Crippen LogP) is 1.38. The maximum atomic E-state index is 11.6. The largest absolute Gasteiger partial charge is 0.352 e. The van der Waals surface area contributed by atoms with Gasteiger partial charge < -0.3 is 10.2 Å². The molecule has 0 aliphatic carbocycles. The Labute approximate surface area is 149 Å². The van der Waals surface area contributed by atoms with E-state index in [0.29, 0.717) is 6.54 Å². The molecule has 1 aliphatic heterocycles. The number of nitrogens with one attached hydrogen (secondary N) is 2. The van der Waals surface area contributed by atoms with Gasteiger partial charge in [0.25, 0.3) is 0 Å². The van der Waals surface area contributed by atoms with Gasteiger partial charge >= 0.3 is 0 Å². The van der Waals surface area contributed by atoms with Crippen LogP contribution in [0.3, 0.4) is 0 Å². The van der Waals surface area contributed by atoms with Crippen molar-refractivity contribution >= 4 is 40.0 Å². The van der Waals surface area contributed by atoms with Crippen molar-refractivity contribution in [2.24, 2.45) is 4.99 Å². The van der Waals surface area contributed by atoms with Crippen molar-refractivity contribution in [1.82, 2.24) is 14.9 Å². The number of sulfonamides is 1. The predicted molar refractivity (Wildman–Crippen MR) is 99.1 cm³/mol. The second-order valence-corrected chi connectivity index (χ2v) is 6.83. The van der Waals surface area contributed by atoms with Gasteiger partial charge in [0.1, 0.15) is 0 Å². The Morgan fingerprint density at radius 3 is 2.32 bits per heavy atom. The molecule has 0 aromatic heterocycles. The molecule has 1 fully saturated rings. The van der Waals surface area contributed by atoms with E-state index in [1.807, 2.05) is 12.1 Å². The van der Waals surface area contributed by atoms with Crippen molar-refractivity contribution in [3.63, 3.8) is 0 Å². The van der Waals surface area contributed by atoms with Crippen molar-refractivity contribution in [3.05, 3.63) is 29.8 Å². The van der Waals surface area contributed by atoms with Gasteiger partial charge in [0.2, 0.25) is 10.0 Å². The lowest BCUT2D eigenvalue weighted by molar-refractivity contribution is 0.493. The first-order chi connectivity index (χ1) is 10.1. The summed E-state index contributed by atoms with van der Waals surface area (Å²) in [4.78, 5) is 6.79. The van der Waals surface area contributed by atoms with Crippen LogP contribution in [-0.2, 0) is 16.6 Å². The lowest BCUT2D eigenvalue weighted by Gasteiger charge is -2.20. The number of hydrogen-bond acceptors (Lipinski definition) is 3. The Morgan fingerprint density at radius 1 is 1.23 bits per heavy atom. The maximum absolute atomic E-state index is 11.6. The molecule has 0 amide bonds. The van der Waals surface area contributed by atoms with E-state index in [9.17, 15) is 8.42 Å². The zero-order valence-electron chi connectivity index (χ0n) is 12.9. The van der Waals surface area contributed by atoms with E-state index in [0.717, 1.165) is 24.6 Å². The van der Waals surface area contributed by atoms with Gasteiger partial charge in [0, 0.05) is 26.7 Å². The number of nitrogens with zero attached hydrogens (tertiary/aromatic N) is 2. The molecule has 0 atom stereocenters. The summed E-state index contributed by atoms with van der Waals surface area (Å²) in [5.41, 5.74) is 1.02. The topological polar surface area (TPSA) is 73.8 Å². The van der Waals surface area contributed by atoms with Crippen LogP contribution in [0.15, 0.2) is 34.2 Å². The monoisotopic (exact) mass is 438 g/mol. The van der Waals surface area contributed by atoms with Crippen molar-refractivity contribution in [2.75, 3.05) is 27.2 Å². The molecule has 1 heterocycles. The van der Waals surface area contributed by atoms with Crippen LogP contribution in [0.1, 0.15) is 18.4 Å². The standard InChI is InChI=1S/C14H22N4O2S.HI/c1-15-14(18-9-3-4-10-18)17-11-12-5-7-13(8-6-12)21(19,20)16-2;/h5-8,16H,3-4,9-11H2,1-2H3,(H,15,17);1H. The highest BCUT2D eigenvalue weighted by molar-refractivity contribution is 14.0. The Balaban J connectivity index is 0.00000242. The molecule has 1 aliphatic rings. The summed E-state index contributed by atoms with van der Waals surface area (Å²) in [5.74, 6) is 0.902. The van der Waals surface area contributed by atoms with E-state index < -0.39 is 10.0 Å². The van der Waals surface area contributed by atoms with E-state index in [4.69, 9.17) is 0 Å². The van der Waals surface area contributed by atoms with Crippen LogP contribution in [-0.4, -0.2) is 46.5 Å². The van der Waals surface area contributed by atoms with Crippen LogP contribution in [0, 0.1) is 0 Å². The molecule has 0 bridgehead atoms. The van der Waals surface area contributed by atoms with Crippen molar-refractivity contribution < 1.29 is 8.42 Å². The molecule has 6 nitrogen and oxygen atoms in total. The van der Waals surface area contributed by atoms with Gasteiger partial charge in [-0.05, 0) is 37.6 Å². The Morgan fingerprint density at radius 2 is 1.82 bits per heavy atom. The molecular formula is C14H23IN4O2S. The third-order valence-corrected chi connectivity index (χ3v) is 5.00. The number of aliphatic imine (C=N–C) groups is 1. The summed E-state index contributed by atoms with van der Waals surface area (Å²) in [7, 11) is -0.178. The molecule has 1 saturated heterocycles. The number of guanidine groups is 1. The first-order valence-electron chi connectivity index (χ1n) is 7.05. The summed E-state index contributed by atoms with van der Waals surface area (Å²) in [5, 5.41) is 3.31. The SMILES string of the molecule is CN=C(NCc1ccc(S(=O)(=O)NC)cc1)N1CCCC1.I. The van der Waals surface area contributed by atoms with E-state index in [1.54, 1.807) is 19.2 Å². The average molecular weight is 438 g/mol. The smallest absolute Gasteiger partial charge is 0.240 e. The van der Waals surface area contributed by atoms with Crippen molar-refractivity contribution in [2.45, 2.75) is 24.3 Å². The minimum atomic E-state index is -3.37. The summed E-state index contributed by atoms with van der Waals surface area (Å²) in [6.45, 7) is 2.71. The van der Waals surface area contributed by atoms with Gasteiger partial charge in [-0.25, -0.2) is 13.1 Å². The fraction of sp³-hybridized carbons (Fsp3) is 0.500. The van der Waals surface area contributed by atoms with Crippen LogP contribution in [0.2, 0.25) is 0 Å². The van der Waals surface area contributed by atoms with Gasteiger partial charge in [-0.1, -0.05) is 12.1 Å². The number of hydrogen-bond donors (Lipinski definition) is 2.